The van der Waals surface area contributed by atoms with Gasteiger partial charge in [0, 0.05) is 29.5 Å². The second kappa shape index (κ2) is 9.50. The highest BCUT2D eigenvalue weighted by atomic mass is 35.5. The molecule has 33 heavy (non-hydrogen) atoms. The van der Waals surface area contributed by atoms with Crippen LogP contribution in [0.3, 0.4) is 0 Å². The Labute approximate surface area is 196 Å². The number of carbonyl (C=O) groups excluding carboxylic acids is 1. The van der Waals surface area contributed by atoms with Crippen molar-refractivity contribution in [2.24, 2.45) is 0 Å². The molecule has 2 aromatic heterocycles. The molecule has 7 nitrogen and oxygen atoms in total. The number of alkyl halides is 3. The minimum Gasteiger partial charge on any atom is -0.465 e. The van der Waals surface area contributed by atoms with E-state index < -0.39 is 29.2 Å². The maximum absolute atomic E-state index is 14.1. The van der Waals surface area contributed by atoms with Crippen molar-refractivity contribution < 1.29 is 32.5 Å². The van der Waals surface area contributed by atoms with Gasteiger partial charge in [-0.1, -0.05) is 30.1 Å². The van der Waals surface area contributed by atoms with Crippen LogP contribution in [0.4, 0.5) is 13.2 Å². The van der Waals surface area contributed by atoms with Gasteiger partial charge in [0.2, 0.25) is 0 Å². The van der Waals surface area contributed by atoms with E-state index >= 15 is 0 Å². The smallest absolute Gasteiger partial charge is 0.422 e. The number of ether oxygens (including phenoxy) is 2. The predicted molar refractivity (Wildman–Crippen MR) is 113 cm³/mol. The molecule has 0 saturated heterocycles. The molecule has 0 amide bonds. The van der Waals surface area contributed by atoms with Crippen LogP contribution in [-0.2, 0) is 10.3 Å². The van der Waals surface area contributed by atoms with E-state index in [-0.39, 0.29) is 33.1 Å². The van der Waals surface area contributed by atoms with Gasteiger partial charge in [0.25, 0.3) is 0 Å². The number of aromatic nitrogens is 3. The number of hydrogen-bond acceptors (Lipinski definition) is 7. The molecule has 3 aromatic rings. The van der Waals surface area contributed by atoms with Crippen molar-refractivity contribution in [2.45, 2.75) is 24.6 Å². The summed E-state index contributed by atoms with van der Waals surface area (Å²) < 4.78 is 52.4. The molecule has 0 aliphatic carbocycles. The Morgan fingerprint density at radius 1 is 1.09 bits per heavy atom. The summed E-state index contributed by atoms with van der Waals surface area (Å²) in [5.41, 5.74) is -3.79. The number of halogens is 5. The van der Waals surface area contributed by atoms with Crippen molar-refractivity contribution in [1.82, 2.24) is 15.0 Å². The van der Waals surface area contributed by atoms with Gasteiger partial charge in [-0.3, -0.25) is 0 Å². The maximum Gasteiger partial charge on any atom is 0.422 e. The predicted octanol–water partition coefficient (Wildman–Crippen LogP) is 5.31. The van der Waals surface area contributed by atoms with E-state index in [0.29, 0.717) is 0 Å². The Morgan fingerprint density at radius 2 is 1.76 bits per heavy atom. The van der Waals surface area contributed by atoms with E-state index in [1.54, 1.807) is 0 Å². The number of rotatable bonds is 6. The standard InChI is InChI=1S/C21H16Cl2F3N3O4/c1-11(20(31,21(24,25)26)13-5-6-27-17(23)7-13)15-8-14(3-4-16(15)22)33-19-28-9-12(10-29-19)18(30)32-2/h3-11,31H,1-2H3/t11?,20-/m1/s1. The zero-order valence-corrected chi connectivity index (χ0v) is 18.6. The molecule has 12 heteroatoms. The molecule has 1 unspecified atom stereocenters. The molecule has 3 rings (SSSR count). The second-order valence-corrected chi connectivity index (χ2v) is 7.68. The molecule has 1 aromatic carbocycles. The first-order chi connectivity index (χ1) is 15.5. The second-order valence-electron chi connectivity index (χ2n) is 6.88. The monoisotopic (exact) mass is 501 g/mol. The Balaban J connectivity index is 1.98. The lowest BCUT2D eigenvalue weighted by atomic mass is 9.78. The lowest BCUT2D eigenvalue weighted by molar-refractivity contribution is -0.274. The van der Waals surface area contributed by atoms with Crippen molar-refractivity contribution in [3.63, 3.8) is 0 Å². The molecule has 0 bridgehead atoms. The van der Waals surface area contributed by atoms with Crippen molar-refractivity contribution in [2.75, 3.05) is 7.11 Å². The van der Waals surface area contributed by atoms with Crippen LogP contribution in [0.15, 0.2) is 48.9 Å². The number of carbonyl (C=O) groups is 1. The minimum absolute atomic E-state index is 0.0281. The minimum atomic E-state index is -5.08. The average molecular weight is 502 g/mol. The molecule has 2 atom stereocenters. The number of pyridine rings is 1. The molecule has 0 saturated carbocycles. The number of methoxy groups -OCH3 is 1. The van der Waals surface area contributed by atoms with Gasteiger partial charge in [-0.05, 0) is 41.5 Å². The fourth-order valence-corrected chi connectivity index (χ4v) is 3.59. The normalized spacial score (nSPS) is 14.3. The van der Waals surface area contributed by atoms with Crippen LogP contribution in [0.1, 0.15) is 34.3 Å². The fourth-order valence-electron chi connectivity index (χ4n) is 3.14. The number of esters is 1. The quantitative estimate of drug-likeness (QED) is 0.361. The van der Waals surface area contributed by atoms with Gasteiger partial charge in [0.1, 0.15) is 10.9 Å². The molecule has 1 N–H and O–H groups in total. The number of benzene rings is 1. The van der Waals surface area contributed by atoms with E-state index in [1.807, 2.05) is 0 Å². The van der Waals surface area contributed by atoms with E-state index in [4.69, 9.17) is 27.9 Å². The number of hydrogen-bond donors (Lipinski definition) is 1. The van der Waals surface area contributed by atoms with Gasteiger partial charge in [0.05, 0.1) is 12.7 Å². The first kappa shape index (κ1) is 24.7. The number of nitrogens with zero attached hydrogens (tertiary/aromatic N) is 3. The van der Waals surface area contributed by atoms with Gasteiger partial charge < -0.3 is 14.6 Å². The van der Waals surface area contributed by atoms with E-state index in [1.165, 1.54) is 44.6 Å². The van der Waals surface area contributed by atoms with Crippen molar-refractivity contribution in [1.29, 1.82) is 0 Å². The number of aliphatic hydroxyl groups is 1. The summed E-state index contributed by atoms with van der Waals surface area (Å²) in [6, 6.07) is 5.76. The molecule has 0 fully saturated rings. The van der Waals surface area contributed by atoms with Crippen LogP contribution in [0, 0.1) is 0 Å². The van der Waals surface area contributed by atoms with Crippen LogP contribution in [0.5, 0.6) is 11.8 Å². The van der Waals surface area contributed by atoms with Gasteiger partial charge in [-0.2, -0.15) is 13.2 Å². The summed E-state index contributed by atoms with van der Waals surface area (Å²) in [6.45, 7) is 1.18. The van der Waals surface area contributed by atoms with Crippen molar-refractivity contribution in [3.8, 4) is 11.8 Å². The summed E-state index contributed by atoms with van der Waals surface area (Å²) >= 11 is 11.9. The van der Waals surface area contributed by atoms with Gasteiger partial charge in [-0.25, -0.2) is 19.7 Å². The molecule has 0 radical (unpaired) electrons. The topological polar surface area (TPSA) is 94.4 Å². The van der Waals surface area contributed by atoms with Crippen LogP contribution in [0.25, 0.3) is 0 Å². The summed E-state index contributed by atoms with van der Waals surface area (Å²) in [5.74, 6) is -2.16. The van der Waals surface area contributed by atoms with Crippen molar-refractivity contribution >= 4 is 29.2 Å². The molecule has 174 valence electrons. The molecular weight excluding hydrogens is 486 g/mol. The first-order valence-electron chi connectivity index (χ1n) is 9.26. The summed E-state index contributed by atoms with van der Waals surface area (Å²) in [4.78, 5) is 22.9. The summed E-state index contributed by atoms with van der Waals surface area (Å²) in [5, 5.41) is 10.7. The van der Waals surface area contributed by atoms with Crippen LogP contribution in [0.2, 0.25) is 10.2 Å². The Hall–Kier alpha value is -2.95. The van der Waals surface area contributed by atoms with Crippen LogP contribution >= 0.6 is 23.2 Å². The van der Waals surface area contributed by atoms with Crippen molar-refractivity contribution in [3.05, 3.63) is 75.8 Å². The highest BCUT2D eigenvalue weighted by Gasteiger charge is 2.59. The van der Waals surface area contributed by atoms with E-state index in [0.717, 1.165) is 18.3 Å². The van der Waals surface area contributed by atoms with Gasteiger partial charge >= 0.3 is 18.2 Å². The Morgan fingerprint density at radius 3 is 2.33 bits per heavy atom. The highest BCUT2D eigenvalue weighted by Crippen LogP contribution is 2.50. The van der Waals surface area contributed by atoms with Crippen LogP contribution < -0.4 is 4.74 Å². The summed E-state index contributed by atoms with van der Waals surface area (Å²) in [7, 11) is 1.20. The lowest BCUT2D eigenvalue weighted by Gasteiger charge is -2.37. The third-order valence-corrected chi connectivity index (χ3v) is 5.47. The third-order valence-electron chi connectivity index (χ3n) is 4.92. The molecule has 0 aliphatic heterocycles. The molecule has 0 spiro atoms. The SMILES string of the molecule is COC(=O)c1cnc(Oc2ccc(Cl)c(C(C)[C@@](O)(c3ccnc(Cl)c3)C(F)(F)F)c2)nc1. The van der Waals surface area contributed by atoms with E-state index in [9.17, 15) is 23.1 Å². The van der Waals surface area contributed by atoms with Gasteiger partial charge in [0.15, 0.2) is 5.60 Å². The van der Waals surface area contributed by atoms with Gasteiger partial charge in [-0.15, -0.1) is 0 Å². The average Bonchev–Trinajstić information content (AvgIpc) is 2.78. The van der Waals surface area contributed by atoms with E-state index in [2.05, 4.69) is 19.7 Å². The zero-order valence-electron chi connectivity index (χ0n) is 17.1. The third kappa shape index (κ3) is 5.02. The fraction of sp³-hybridized carbons (Fsp3) is 0.238. The largest absolute Gasteiger partial charge is 0.465 e. The Kier molecular flexibility index (Phi) is 7.11. The molecular formula is C21H16Cl2F3N3O4. The van der Waals surface area contributed by atoms with Crippen LogP contribution in [-0.4, -0.2) is 39.3 Å². The lowest BCUT2D eigenvalue weighted by Crippen LogP contribution is -2.46. The first-order valence-corrected chi connectivity index (χ1v) is 10.0. The summed E-state index contributed by atoms with van der Waals surface area (Å²) in [6.07, 6.45) is -1.67. The molecule has 0 aliphatic rings. The highest BCUT2D eigenvalue weighted by molar-refractivity contribution is 6.31. The zero-order chi connectivity index (χ0) is 24.4. The maximum atomic E-state index is 14.1. The molecule has 2 heterocycles. The Bertz CT molecular complexity index is 1160.